The maximum Gasteiger partial charge on any atom is 0.224 e. The maximum atomic E-state index is 13.1. The van der Waals surface area contributed by atoms with Crippen molar-refractivity contribution >= 4 is 11.6 Å². The van der Waals surface area contributed by atoms with Crippen molar-refractivity contribution in [3.63, 3.8) is 0 Å². The molecule has 0 spiro atoms. The van der Waals surface area contributed by atoms with Crippen LogP contribution in [0.2, 0.25) is 0 Å². The van der Waals surface area contributed by atoms with Gasteiger partial charge in [-0.25, -0.2) is 4.39 Å². The summed E-state index contributed by atoms with van der Waals surface area (Å²) in [6.07, 6.45) is 7.65. The minimum absolute atomic E-state index is 0.0722. The molecule has 1 aromatic rings. The van der Waals surface area contributed by atoms with E-state index < -0.39 is 11.6 Å². The highest BCUT2D eigenvalue weighted by atomic mass is 19.1. The highest BCUT2D eigenvalue weighted by Gasteiger charge is 2.16. The van der Waals surface area contributed by atoms with Crippen molar-refractivity contribution in [1.82, 2.24) is 0 Å². The van der Waals surface area contributed by atoms with Crippen LogP contribution >= 0.6 is 0 Å². The molecule has 1 saturated carbocycles. The van der Waals surface area contributed by atoms with Gasteiger partial charge in [-0.15, -0.1) is 0 Å². The van der Waals surface area contributed by atoms with Crippen LogP contribution in [0.1, 0.15) is 44.9 Å². The van der Waals surface area contributed by atoms with Crippen LogP contribution in [0.4, 0.5) is 10.1 Å². The molecule has 1 aliphatic rings. The van der Waals surface area contributed by atoms with Crippen LogP contribution in [0.3, 0.4) is 0 Å². The minimum Gasteiger partial charge on any atom is -0.505 e. The summed E-state index contributed by atoms with van der Waals surface area (Å²) in [5.74, 6) is -0.740. The molecule has 0 radical (unpaired) electrons. The molecule has 0 bridgehead atoms. The molecular weight excluding hydrogens is 245 g/mol. The Morgan fingerprint density at radius 1 is 1.26 bits per heavy atom. The van der Waals surface area contributed by atoms with Crippen LogP contribution in [0.25, 0.3) is 0 Å². The Morgan fingerprint density at radius 2 is 1.95 bits per heavy atom. The van der Waals surface area contributed by atoms with Crippen LogP contribution in [0.5, 0.6) is 5.75 Å². The first kappa shape index (κ1) is 13.8. The average molecular weight is 265 g/mol. The fourth-order valence-corrected chi connectivity index (χ4v) is 2.63. The number of hydrogen-bond donors (Lipinski definition) is 2. The molecule has 1 aromatic carbocycles. The van der Waals surface area contributed by atoms with E-state index in [0.717, 1.165) is 18.9 Å². The molecule has 0 aliphatic heterocycles. The van der Waals surface area contributed by atoms with E-state index in [1.807, 2.05) is 0 Å². The fraction of sp³-hybridized carbons (Fsp3) is 0.533. The van der Waals surface area contributed by atoms with Gasteiger partial charge in [-0.05, 0) is 30.9 Å². The van der Waals surface area contributed by atoms with Gasteiger partial charge in [0.2, 0.25) is 5.91 Å². The monoisotopic (exact) mass is 265 g/mol. The fourth-order valence-electron chi connectivity index (χ4n) is 2.63. The van der Waals surface area contributed by atoms with Gasteiger partial charge < -0.3 is 10.4 Å². The zero-order valence-electron chi connectivity index (χ0n) is 11.0. The Kier molecular flexibility index (Phi) is 4.77. The molecule has 2 rings (SSSR count). The van der Waals surface area contributed by atoms with E-state index in [1.165, 1.54) is 37.8 Å². The lowest BCUT2D eigenvalue weighted by Gasteiger charge is -2.13. The summed E-state index contributed by atoms with van der Waals surface area (Å²) >= 11 is 0. The first-order valence-electron chi connectivity index (χ1n) is 6.93. The van der Waals surface area contributed by atoms with Gasteiger partial charge >= 0.3 is 0 Å². The largest absolute Gasteiger partial charge is 0.505 e. The third kappa shape index (κ3) is 4.23. The molecule has 0 atom stereocenters. The average Bonchev–Trinajstić information content (AvgIpc) is 2.62. The SMILES string of the molecule is O=C(CC1CCCCCC1)Nc1ccc(O)c(F)c1. The normalized spacial score (nSPS) is 16.9. The number of benzene rings is 1. The second-order valence-electron chi connectivity index (χ2n) is 5.28. The quantitative estimate of drug-likeness (QED) is 0.644. The van der Waals surface area contributed by atoms with E-state index >= 15 is 0 Å². The number of aromatic hydroxyl groups is 1. The summed E-state index contributed by atoms with van der Waals surface area (Å²) in [6, 6.07) is 3.89. The van der Waals surface area contributed by atoms with Crippen molar-refractivity contribution in [3.05, 3.63) is 24.0 Å². The van der Waals surface area contributed by atoms with Crippen LogP contribution in [0, 0.1) is 11.7 Å². The smallest absolute Gasteiger partial charge is 0.224 e. The molecule has 0 saturated heterocycles. The zero-order chi connectivity index (χ0) is 13.7. The second kappa shape index (κ2) is 6.55. The third-order valence-electron chi connectivity index (χ3n) is 3.68. The molecular formula is C15H20FNO2. The molecule has 1 fully saturated rings. The van der Waals surface area contributed by atoms with Crippen molar-refractivity contribution in [2.45, 2.75) is 44.9 Å². The van der Waals surface area contributed by atoms with E-state index in [0.29, 0.717) is 18.0 Å². The number of carbonyl (C=O) groups excluding carboxylic acids is 1. The summed E-state index contributed by atoms with van der Waals surface area (Å²) in [5, 5.41) is 11.8. The lowest BCUT2D eigenvalue weighted by atomic mass is 9.96. The Hall–Kier alpha value is -1.58. The Morgan fingerprint density at radius 3 is 2.58 bits per heavy atom. The third-order valence-corrected chi connectivity index (χ3v) is 3.68. The lowest BCUT2D eigenvalue weighted by molar-refractivity contribution is -0.117. The Balaban J connectivity index is 1.87. The van der Waals surface area contributed by atoms with Crippen LogP contribution in [0.15, 0.2) is 18.2 Å². The molecule has 2 N–H and O–H groups in total. The van der Waals surface area contributed by atoms with Crippen LogP contribution in [-0.4, -0.2) is 11.0 Å². The van der Waals surface area contributed by atoms with E-state index in [-0.39, 0.29) is 5.91 Å². The van der Waals surface area contributed by atoms with Crippen molar-refractivity contribution in [3.8, 4) is 5.75 Å². The van der Waals surface area contributed by atoms with E-state index in [9.17, 15) is 9.18 Å². The van der Waals surface area contributed by atoms with E-state index in [2.05, 4.69) is 5.32 Å². The number of nitrogens with one attached hydrogen (secondary N) is 1. The highest BCUT2D eigenvalue weighted by Crippen LogP contribution is 2.26. The maximum absolute atomic E-state index is 13.1. The van der Waals surface area contributed by atoms with E-state index in [4.69, 9.17) is 5.11 Å². The predicted octanol–water partition coefficient (Wildman–Crippen LogP) is 3.83. The number of halogens is 1. The summed E-state index contributed by atoms with van der Waals surface area (Å²) < 4.78 is 13.1. The van der Waals surface area contributed by atoms with Crippen molar-refractivity contribution < 1.29 is 14.3 Å². The number of carbonyl (C=O) groups is 1. The summed E-state index contributed by atoms with van der Waals surface area (Å²) in [7, 11) is 0. The molecule has 4 heteroatoms. The highest BCUT2D eigenvalue weighted by molar-refractivity contribution is 5.90. The van der Waals surface area contributed by atoms with Gasteiger partial charge in [0.25, 0.3) is 0 Å². The Bertz CT molecular complexity index is 440. The van der Waals surface area contributed by atoms with Gasteiger partial charge in [0, 0.05) is 18.2 Å². The van der Waals surface area contributed by atoms with Crippen molar-refractivity contribution in [2.75, 3.05) is 5.32 Å². The molecule has 1 aliphatic carbocycles. The molecule has 0 aromatic heterocycles. The topological polar surface area (TPSA) is 49.3 Å². The van der Waals surface area contributed by atoms with Gasteiger partial charge in [-0.1, -0.05) is 25.7 Å². The standard InChI is InChI=1S/C15H20FNO2/c16-13-10-12(7-8-14(13)18)17-15(19)9-11-5-3-1-2-4-6-11/h7-8,10-11,18H,1-6,9H2,(H,17,19). The van der Waals surface area contributed by atoms with Crippen molar-refractivity contribution in [1.29, 1.82) is 0 Å². The van der Waals surface area contributed by atoms with Gasteiger partial charge in [0.1, 0.15) is 0 Å². The van der Waals surface area contributed by atoms with Crippen LogP contribution < -0.4 is 5.32 Å². The number of hydrogen-bond acceptors (Lipinski definition) is 2. The molecule has 0 heterocycles. The molecule has 0 unspecified atom stereocenters. The molecule has 1 amide bonds. The summed E-state index contributed by atoms with van der Waals surface area (Å²) in [5.41, 5.74) is 0.397. The van der Waals surface area contributed by atoms with Gasteiger partial charge in [0.15, 0.2) is 11.6 Å². The molecule has 3 nitrogen and oxygen atoms in total. The van der Waals surface area contributed by atoms with Crippen molar-refractivity contribution in [2.24, 2.45) is 5.92 Å². The van der Waals surface area contributed by atoms with Gasteiger partial charge in [-0.2, -0.15) is 0 Å². The van der Waals surface area contributed by atoms with Crippen LogP contribution in [-0.2, 0) is 4.79 Å². The second-order valence-corrected chi connectivity index (χ2v) is 5.28. The predicted molar refractivity (Wildman–Crippen MR) is 72.5 cm³/mol. The number of anilines is 1. The number of phenolic OH excluding ortho intramolecular Hbond substituents is 1. The molecule has 104 valence electrons. The number of rotatable bonds is 3. The summed E-state index contributed by atoms with van der Waals surface area (Å²) in [6.45, 7) is 0. The van der Waals surface area contributed by atoms with Gasteiger partial charge in [-0.3, -0.25) is 4.79 Å². The summed E-state index contributed by atoms with van der Waals surface area (Å²) in [4.78, 5) is 11.9. The molecule has 19 heavy (non-hydrogen) atoms. The minimum atomic E-state index is -0.715. The first-order chi connectivity index (χ1) is 9.15. The zero-order valence-corrected chi connectivity index (χ0v) is 11.0. The Labute approximate surface area is 112 Å². The number of amides is 1. The first-order valence-corrected chi connectivity index (χ1v) is 6.93. The number of phenols is 1. The van der Waals surface area contributed by atoms with E-state index in [1.54, 1.807) is 0 Å². The lowest BCUT2D eigenvalue weighted by Crippen LogP contribution is -2.16. The van der Waals surface area contributed by atoms with Gasteiger partial charge in [0.05, 0.1) is 0 Å².